The minimum Gasteiger partial charge on any atom is -0.507 e. The van der Waals surface area contributed by atoms with Crippen molar-refractivity contribution in [1.82, 2.24) is 0 Å². The van der Waals surface area contributed by atoms with Gasteiger partial charge in [-0.1, -0.05) is 13.0 Å². The van der Waals surface area contributed by atoms with Crippen molar-refractivity contribution in [3.63, 3.8) is 0 Å². The Morgan fingerprint density at radius 2 is 2.17 bits per heavy atom. The summed E-state index contributed by atoms with van der Waals surface area (Å²) < 4.78 is 45.4. The molecular formula is C12H11F3O3. The lowest BCUT2D eigenvalue weighted by Crippen LogP contribution is -2.36. The molecule has 3 nitrogen and oxygen atoms in total. The number of ether oxygens (including phenoxy) is 1. The first-order valence-electron chi connectivity index (χ1n) is 5.44. The van der Waals surface area contributed by atoms with E-state index in [0.717, 1.165) is 6.07 Å². The van der Waals surface area contributed by atoms with Crippen molar-refractivity contribution in [2.75, 3.05) is 0 Å². The van der Waals surface area contributed by atoms with Gasteiger partial charge in [-0.25, -0.2) is 9.18 Å². The predicted molar refractivity (Wildman–Crippen MR) is 56.4 cm³/mol. The van der Waals surface area contributed by atoms with E-state index in [2.05, 4.69) is 4.74 Å². The third-order valence-electron chi connectivity index (χ3n) is 2.92. The van der Waals surface area contributed by atoms with E-state index in [9.17, 15) is 23.1 Å². The number of rotatable bonds is 3. The molecule has 1 aromatic carbocycles. The van der Waals surface area contributed by atoms with Crippen LogP contribution in [-0.4, -0.2) is 23.2 Å². The van der Waals surface area contributed by atoms with E-state index >= 15 is 0 Å². The molecule has 0 saturated carbocycles. The second-order valence-corrected chi connectivity index (χ2v) is 4.07. The highest BCUT2D eigenvalue weighted by molar-refractivity contribution is 5.95. The molecule has 0 amide bonds. The maximum atomic E-state index is 13.8. The van der Waals surface area contributed by atoms with Crippen LogP contribution in [0.5, 0.6) is 5.75 Å². The average molecular weight is 260 g/mol. The largest absolute Gasteiger partial charge is 0.507 e. The van der Waals surface area contributed by atoms with Gasteiger partial charge in [0.2, 0.25) is 0 Å². The summed E-state index contributed by atoms with van der Waals surface area (Å²) >= 11 is 0. The fraction of sp³-hybridized carbons (Fsp3) is 0.417. The van der Waals surface area contributed by atoms with Crippen LogP contribution in [0.3, 0.4) is 0 Å². The number of cyclic esters (lactones) is 1. The number of esters is 1. The number of alkyl halides is 3. The van der Waals surface area contributed by atoms with Crippen LogP contribution in [0.4, 0.5) is 13.2 Å². The molecule has 0 fully saturated rings. The lowest BCUT2D eigenvalue weighted by atomic mass is 9.96. The van der Waals surface area contributed by atoms with Crippen molar-refractivity contribution in [3.05, 3.63) is 29.3 Å². The van der Waals surface area contributed by atoms with Gasteiger partial charge in [-0.05, 0) is 18.6 Å². The zero-order chi connectivity index (χ0) is 13.5. The second-order valence-electron chi connectivity index (χ2n) is 4.07. The summed E-state index contributed by atoms with van der Waals surface area (Å²) in [6.45, 7) is 1.26. The van der Waals surface area contributed by atoms with Crippen LogP contribution < -0.4 is 0 Å². The van der Waals surface area contributed by atoms with Crippen LogP contribution in [0.15, 0.2) is 18.2 Å². The van der Waals surface area contributed by atoms with Gasteiger partial charge in [-0.15, -0.1) is 0 Å². The third kappa shape index (κ3) is 1.72. The monoisotopic (exact) mass is 260 g/mol. The van der Waals surface area contributed by atoms with Crippen LogP contribution in [-0.2, 0) is 4.74 Å². The molecule has 2 unspecified atom stereocenters. The molecule has 0 aromatic heterocycles. The summed E-state index contributed by atoms with van der Waals surface area (Å²) in [6, 6.07) is 3.75. The molecular weight excluding hydrogens is 249 g/mol. The number of hydrogen-bond acceptors (Lipinski definition) is 3. The molecule has 1 aliphatic rings. The summed E-state index contributed by atoms with van der Waals surface area (Å²) in [5.74, 6) is -5.34. The first-order chi connectivity index (χ1) is 8.39. The number of phenols is 1. The van der Waals surface area contributed by atoms with Gasteiger partial charge in [0.25, 0.3) is 0 Å². The van der Waals surface area contributed by atoms with E-state index in [0.29, 0.717) is 0 Å². The van der Waals surface area contributed by atoms with Crippen molar-refractivity contribution in [2.24, 2.45) is 0 Å². The number of phenolic OH excluding ortho intramolecular Hbond substituents is 1. The van der Waals surface area contributed by atoms with Crippen molar-refractivity contribution in [1.29, 1.82) is 0 Å². The summed E-state index contributed by atoms with van der Waals surface area (Å²) in [5, 5.41) is 9.55. The number of carbonyl (C=O) groups excluding carboxylic acids is 1. The molecule has 0 saturated heterocycles. The molecule has 2 rings (SSSR count). The normalized spacial score (nSPS) is 20.4. The topological polar surface area (TPSA) is 46.5 Å². The molecule has 18 heavy (non-hydrogen) atoms. The van der Waals surface area contributed by atoms with Gasteiger partial charge in [0.05, 0.1) is 11.1 Å². The van der Waals surface area contributed by atoms with Gasteiger partial charge >= 0.3 is 11.9 Å². The number of aromatic hydroxyl groups is 1. The maximum absolute atomic E-state index is 13.8. The third-order valence-corrected chi connectivity index (χ3v) is 2.92. The van der Waals surface area contributed by atoms with E-state index in [1.807, 2.05) is 0 Å². The summed E-state index contributed by atoms with van der Waals surface area (Å²) in [6.07, 6.45) is -4.93. The quantitative estimate of drug-likeness (QED) is 0.850. The predicted octanol–water partition coefficient (Wildman–Crippen LogP) is 2.99. The Kier molecular flexibility index (Phi) is 2.96. The van der Waals surface area contributed by atoms with Crippen molar-refractivity contribution in [3.8, 4) is 5.75 Å². The summed E-state index contributed by atoms with van der Waals surface area (Å²) in [5.41, 5.74) is -0.494. The van der Waals surface area contributed by atoms with Crippen LogP contribution in [0.2, 0.25) is 0 Å². The Balaban J connectivity index is 2.49. The van der Waals surface area contributed by atoms with Gasteiger partial charge in [-0.3, -0.25) is 0 Å². The second kappa shape index (κ2) is 4.19. The molecule has 2 atom stereocenters. The van der Waals surface area contributed by atoms with Crippen molar-refractivity contribution < 1.29 is 27.8 Å². The Labute approximate surface area is 101 Å². The van der Waals surface area contributed by atoms with Crippen LogP contribution in [0, 0.1) is 0 Å². The van der Waals surface area contributed by atoms with E-state index in [-0.39, 0.29) is 11.1 Å². The summed E-state index contributed by atoms with van der Waals surface area (Å²) in [4.78, 5) is 11.4. The number of hydrogen-bond donors (Lipinski definition) is 1. The molecule has 1 aromatic rings. The SMILES string of the molecule is CCC(F)C(F)(F)C1OC(=O)c2cccc(O)c21. The van der Waals surface area contributed by atoms with Gasteiger partial charge in [0, 0.05) is 0 Å². The summed E-state index contributed by atoms with van der Waals surface area (Å²) in [7, 11) is 0. The molecule has 0 spiro atoms. The van der Waals surface area contributed by atoms with E-state index in [1.54, 1.807) is 0 Å². The van der Waals surface area contributed by atoms with E-state index < -0.39 is 36.3 Å². The lowest BCUT2D eigenvalue weighted by Gasteiger charge is -2.25. The number of carbonyl (C=O) groups is 1. The first-order valence-corrected chi connectivity index (χ1v) is 5.44. The zero-order valence-corrected chi connectivity index (χ0v) is 9.49. The van der Waals surface area contributed by atoms with E-state index in [1.165, 1.54) is 19.1 Å². The molecule has 6 heteroatoms. The van der Waals surface area contributed by atoms with Crippen molar-refractivity contribution >= 4 is 5.97 Å². The zero-order valence-electron chi connectivity index (χ0n) is 9.49. The minimum atomic E-state index is -3.87. The Hall–Kier alpha value is -1.72. The fourth-order valence-electron chi connectivity index (χ4n) is 1.94. The van der Waals surface area contributed by atoms with Gasteiger partial charge in [0.15, 0.2) is 12.3 Å². The molecule has 98 valence electrons. The molecule has 0 aliphatic carbocycles. The number of halogens is 3. The van der Waals surface area contributed by atoms with Gasteiger partial charge in [-0.2, -0.15) is 8.78 Å². The molecule has 0 bridgehead atoms. The van der Waals surface area contributed by atoms with E-state index in [4.69, 9.17) is 0 Å². The number of fused-ring (bicyclic) bond motifs is 1. The van der Waals surface area contributed by atoms with Crippen LogP contribution in [0.25, 0.3) is 0 Å². The van der Waals surface area contributed by atoms with Crippen molar-refractivity contribution in [2.45, 2.75) is 31.5 Å². The Morgan fingerprint density at radius 3 is 2.78 bits per heavy atom. The average Bonchev–Trinajstić information content (AvgIpc) is 2.68. The lowest BCUT2D eigenvalue weighted by molar-refractivity contribution is -0.155. The molecule has 0 radical (unpaired) electrons. The molecule has 1 heterocycles. The first kappa shape index (κ1) is 12.7. The number of benzene rings is 1. The highest BCUT2D eigenvalue weighted by Gasteiger charge is 2.55. The Morgan fingerprint density at radius 1 is 1.50 bits per heavy atom. The van der Waals surface area contributed by atoms with Crippen LogP contribution in [0.1, 0.15) is 35.4 Å². The maximum Gasteiger partial charge on any atom is 0.339 e. The standard InChI is InChI=1S/C12H11F3O3/c1-2-8(13)12(14,15)10-9-6(11(17)18-10)4-3-5-7(9)16/h3-5,8,10,16H,2H2,1H3. The van der Waals surface area contributed by atoms with Crippen LogP contribution >= 0.6 is 0 Å². The smallest absolute Gasteiger partial charge is 0.339 e. The highest BCUT2D eigenvalue weighted by Crippen LogP contribution is 2.47. The molecule has 1 N–H and O–H groups in total. The molecule has 1 aliphatic heterocycles. The van der Waals surface area contributed by atoms with Gasteiger partial charge in [0.1, 0.15) is 5.75 Å². The van der Waals surface area contributed by atoms with Gasteiger partial charge < -0.3 is 9.84 Å². The Bertz CT molecular complexity index is 487. The highest BCUT2D eigenvalue weighted by atomic mass is 19.3. The minimum absolute atomic E-state index is 0.150. The fourth-order valence-corrected chi connectivity index (χ4v) is 1.94.